The van der Waals surface area contributed by atoms with Gasteiger partial charge in [-0.1, -0.05) is 13.8 Å². The molecule has 0 saturated carbocycles. The lowest BCUT2D eigenvalue weighted by Crippen LogP contribution is -2.49. The fraction of sp³-hybridized carbons (Fsp3) is 0.500. The smallest absolute Gasteiger partial charge is 0.227 e. The maximum atomic E-state index is 12.2. The van der Waals surface area contributed by atoms with Crippen molar-refractivity contribution in [2.45, 2.75) is 32.7 Å². The third-order valence-electron chi connectivity index (χ3n) is 3.58. The Hall–Kier alpha value is -1.55. The van der Waals surface area contributed by atoms with Gasteiger partial charge in [0.1, 0.15) is 0 Å². The van der Waals surface area contributed by atoms with Crippen LogP contribution in [-0.2, 0) is 11.2 Å². The van der Waals surface area contributed by atoms with E-state index in [1.807, 2.05) is 23.1 Å². The predicted octanol–water partition coefficient (Wildman–Crippen LogP) is 1.53. The molecular formula is C14H21N3O. The standard InChI is InChI=1S/C14H21N3O/c1-9(2)13(8-15)17-12-5-4-11(16)7-10(12)3-6-14(17)18/h4-5,7,9,13H,3,6,8,15-16H2,1-2H3. The van der Waals surface area contributed by atoms with E-state index in [1.165, 1.54) is 0 Å². The Bertz CT molecular complexity index is 456. The van der Waals surface area contributed by atoms with Crippen LogP contribution in [0.5, 0.6) is 0 Å². The van der Waals surface area contributed by atoms with Gasteiger partial charge in [-0.3, -0.25) is 4.79 Å². The molecule has 1 amide bonds. The van der Waals surface area contributed by atoms with Crippen molar-refractivity contribution in [2.75, 3.05) is 17.2 Å². The van der Waals surface area contributed by atoms with Crippen molar-refractivity contribution in [2.24, 2.45) is 11.7 Å². The van der Waals surface area contributed by atoms with E-state index < -0.39 is 0 Å². The van der Waals surface area contributed by atoms with E-state index >= 15 is 0 Å². The molecule has 18 heavy (non-hydrogen) atoms. The van der Waals surface area contributed by atoms with Crippen LogP contribution in [0, 0.1) is 5.92 Å². The first-order chi connectivity index (χ1) is 8.54. The van der Waals surface area contributed by atoms with Crippen LogP contribution in [-0.4, -0.2) is 18.5 Å². The highest BCUT2D eigenvalue weighted by molar-refractivity contribution is 5.97. The van der Waals surface area contributed by atoms with Gasteiger partial charge in [0, 0.05) is 24.3 Å². The summed E-state index contributed by atoms with van der Waals surface area (Å²) in [5, 5.41) is 0. The number of benzene rings is 1. The molecular weight excluding hydrogens is 226 g/mol. The number of nitrogen functional groups attached to an aromatic ring is 1. The largest absolute Gasteiger partial charge is 0.399 e. The number of fused-ring (bicyclic) bond motifs is 1. The lowest BCUT2D eigenvalue weighted by Gasteiger charge is -2.37. The number of rotatable bonds is 3. The van der Waals surface area contributed by atoms with Gasteiger partial charge < -0.3 is 16.4 Å². The number of carbonyl (C=O) groups is 1. The summed E-state index contributed by atoms with van der Waals surface area (Å²) in [7, 11) is 0. The summed E-state index contributed by atoms with van der Waals surface area (Å²) >= 11 is 0. The Labute approximate surface area is 108 Å². The molecule has 4 heteroatoms. The number of anilines is 2. The molecule has 0 aromatic heterocycles. The van der Waals surface area contributed by atoms with E-state index in [9.17, 15) is 4.79 Å². The number of hydrogen-bond acceptors (Lipinski definition) is 3. The predicted molar refractivity (Wildman–Crippen MR) is 74.3 cm³/mol. The van der Waals surface area contributed by atoms with Crippen molar-refractivity contribution < 1.29 is 4.79 Å². The van der Waals surface area contributed by atoms with E-state index in [4.69, 9.17) is 11.5 Å². The van der Waals surface area contributed by atoms with Gasteiger partial charge in [-0.25, -0.2) is 0 Å². The van der Waals surface area contributed by atoms with Gasteiger partial charge in [0.2, 0.25) is 5.91 Å². The second-order valence-corrected chi connectivity index (χ2v) is 5.20. The third kappa shape index (κ3) is 2.20. The average molecular weight is 247 g/mol. The summed E-state index contributed by atoms with van der Waals surface area (Å²) in [4.78, 5) is 14.0. The van der Waals surface area contributed by atoms with Crippen LogP contribution in [0.15, 0.2) is 18.2 Å². The second kappa shape index (κ2) is 4.98. The fourth-order valence-corrected chi connectivity index (χ4v) is 2.58. The topological polar surface area (TPSA) is 72.3 Å². The monoisotopic (exact) mass is 247 g/mol. The van der Waals surface area contributed by atoms with E-state index in [0.717, 1.165) is 23.4 Å². The Morgan fingerprint density at radius 2 is 2.06 bits per heavy atom. The fourth-order valence-electron chi connectivity index (χ4n) is 2.58. The van der Waals surface area contributed by atoms with Crippen LogP contribution in [0.25, 0.3) is 0 Å². The normalized spacial score (nSPS) is 16.9. The van der Waals surface area contributed by atoms with Crippen molar-refractivity contribution in [1.82, 2.24) is 0 Å². The van der Waals surface area contributed by atoms with Crippen LogP contribution in [0.4, 0.5) is 11.4 Å². The maximum absolute atomic E-state index is 12.2. The van der Waals surface area contributed by atoms with Crippen LogP contribution >= 0.6 is 0 Å². The van der Waals surface area contributed by atoms with Crippen LogP contribution in [0.2, 0.25) is 0 Å². The van der Waals surface area contributed by atoms with Crippen molar-refractivity contribution in [3.8, 4) is 0 Å². The second-order valence-electron chi connectivity index (χ2n) is 5.20. The Morgan fingerprint density at radius 3 is 2.67 bits per heavy atom. The molecule has 4 nitrogen and oxygen atoms in total. The number of amides is 1. The van der Waals surface area contributed by atoms with Crippen molar-refractivity contribution in [3.63, 3.8) is 0 Å². The summed E-state index contributed by atoms with van der Waals surface area (Å²) in [6.07, 6.45) is 1.31. The van der Waals surface area contributed by atoms with E-state index in [-0.39, 0.29) is 11.9 Å². The molecule has 1 aliphatic heterocycles. The Kier molecular flexibility index (Phi) is 3.57. The van der Waals surface area contributed by atoms with Crippen LogP contribution < -0.4 is 16.4 Å². The molecule has 0 saturated heterocycles. The van der Waals surface area contributed by atoms with Crippen molar-refractivity contribution in [1.29, 1.82) is 0 Å². The summed E-state index contributed by atoms with van der Waals surface area (Å²) < 4.78 is 0. The Morgan fingerprint density at radius 1 is 1.33 bits per heavy atom. The molecule has 2 rings (SSSR count). The number of hydrogen-bond donors (Lipinski definition) is 2. The van der Waals surface area contributed by atoms with Gasteiger partial charge in [0.15, 0.2) is 0 Å². The number of nitrogens with zero attached hydrogens (tertiary/aromatic N) is 1. The highest BCUT2D eigenvalue weighted by Crippen LogP contribution is 2.32. The first-order valence-electron chi connectivity index (χ1n) is 6.45. The third-order valence-corrected chi connectivity index (χ3v) is 3.58. The minimum absolute atomic E-state index is 0.0557. The van der Waals surface area contributed by atoms with E-state index in [1.54, 1.807) is 0 Å². The minimum Gasteiger partial charge on any atom is -0.399 e. The molecule has 0 fully saturated rings. The Balaban J connectivity index is 2.44. The zero-order valence-corrected chi connectivity index (χ0v) is 11.0. The lowest BCUT2D eigenvalue weighted by molar-refractivity contribution is -0.119. The molecule has 1 aliphatic rings. The van der Waals surface area contributed by atoms with Gasteiger partial charge in [-0.15, -0.1) is 0 Å². The summed E-state index contributed by atoms with van der Waals surface area (Å²) in [5.74, 6) is 0.499. The van der Waals surface area contributed by atoms with Gasteiger partial charge in [0.05, 0.1) is 6.04 Å². The molecule has 0 bridgehead atoms. The maximum Gasteiger partial charge on any atom is 0.227 e. The zero-order valence-electron chi connectivity index (χ0n) is 11.0. The molecule has 1 aromatic rings. The van der Waals surface area contributed by atoms with Crippen molar-refractivity contribution >= 4 is 17.3 Å². The summed E-state index contributed by atoms with van der Waals surface area (Å²) in [5.41, 5.74) is 14.5. The molecule has 4 N–H and O–H groups in total. The highest BCUT2D eigenvalue weighted by atomic mass is 16.2. The van der Waals surface area contributed by atoms with E-state index in [0.29, 0.717) is 18.9 Å². The quantitative estimate of drug-likeness (QED) is 0.796. The molecule has 0 spiro atoms. The summed E-state index contributed by atoms with van der Waals surface area (Å²) in [6, 6.07) is 5.80. The first kappa shape index (κ1) is 12.9. The molecule has 1 heterocycles. The van der Waals surface area contributed by atoms with Crippen LogP contribution in [0.1, 0.15) is 25.8 Å². The van der Waals surface area contributed by atoms with E-state index in [2.05, 4.69) is 13.8 Å². The summed E-state index contributed by atoms with van der Waals surface area (Å²) in [6.45, 7) is 4.67. The number of nitrogens with two attached hydrogens (primary N) is 2. The molecule has 1 aromatic carbocycles. The first-order valence-corrected chi connectivity index (χ1v) is 6.45. The molecule has 98 valence electrons. The lowest BCUT2D eigenvalue weighted by atomic mass is 9.94. The zero-order chi connectivity index (χ0) is 13.3. The van der Waals surface area contributed by atoms with Crippen LogP contribution in [0.3, 0.4) is 0 Å². The SMILES string of the molecule is CC(C)C(CN)N1C(=O)CCc2cc(N)ccc21. The van der Waals surface area contributed by atoms with Gasteiger partial charge in [-0.05, 0) is 36.1 Å². The molecule has 0 radical (unpaired) electrons. The minimum atomic E-state index is 0.0557. The van der Waals surface area contributed by atoms with Gasteiger partial charge in [0.25, 0.3) is 0 Å². The van der Waals surface area contributed by atoms with Gasteiger partial charge >= 0.3 is 0 Å². The molecule has 0 aliphatic carbocycles. The van der Waals surface area contributed by atoms with Crippen molar-refractivity contribution in [3.05, 3.63) is 23.8 Å². The number of aryl methyl sites for hydroxylation is 1. The highest BCUT2D eigenvalue weighted by Gasteiger charge is 2.31. The van der Waals surface area contributed by atoms with Gasteiger partial charge in [-0.2, -0.15) is 0 Å². The molecule has 1 atom stereocenters. The molecule has 1 unspecified atom stereocenters. The number of carbonyl (C=O) groups excluding carboxylic acids is 1. The average Bonchev–Trinajstić information content (AvgIpc) is 2.32.